The van der Waals surface area contributed by atoms with E-state index < -0.39 is 12.6 Å². The van der Waals surface area contributed by atoms with Crippen LogP contribution in [0.1, 0.15) is 9.88 Å². The Balaban J connectivity index is 2.36. The summed E-state index contributed by atoms with van der Waals surface area (Å²) in [6, 6.07) is 9.10. The summed E-state index contributed by atoms with van der Waals surface area (Å²) in [4.78, 5) is 4.74. The van der Waals surface area contributed by atoms with E-state index in [0.29, 0.717) is 10.6 Å². The molecule has 18 heavy (non-hydrogen) atoms. The molecule has 2 rings (SSSR count). The molecule has 0 saturated heterocycles. The van der Waals surface area contributed by atoms with Gasteiger partial charge in [-0.1, -0.05) is 30.3 Å². The molecule has 0 aliphatic rings. The summed E-state index contributed by atoms with van der Waals surface area (Å²) >= 11 is 1.03. The SMILES string of the molecule is NCc1sc(CC(F)(F)F)nc1-c1ccccc1. The maximum Gasteiger partial charge on any atom is 0.395 e. The van der Waals surface area contributed by atoms with Crippen molar-refractivity contribution in [1.29, 1.82) is 0 Å². The highest BCUT2D eigenvalue weighted by Crippen LogP contribution is 2.31. The fourth-order valence-corrected chi connectivity index (χ4v) is 2.61. The first-order valence-electron chi connectivity index (χ1n) is 5.30. The van der Waals surface area contributed by atoms with Crippen LogP contribution in [0.5, 0.6) is 0 Å². The van der Waals surface area contributed by atoms with Gasteiger partial charge in [-0.15, -0.1) is 11.3 Å². The summed E-state index contributed by atoms with van der Waals surface area (Å²) in [5.74, 6) is 0. The molecule has 2 aromatic rings. The standard InChI is InChI=1S/C12H11F3N2S/c13-12(14,15)6-10-17-11(9(7-16)18-10)8-4-2-1-3-5-8/h1-5H,6-7,16H2. The van der Waals surface area contributed by atoms with Gasteiger partial charge >= 0.3 is 6.18 Å². The third-order valence-electron chi connectivity index (χ3n) is 2.33. The lowest BCUT2D eigenvalue weighted by Crippen LogP contribution is -2.11. The minimum absolute atomic E-state index is 0.0572. The molecule has 0 amide bonds. The number of alkyl halides is 3. The Morgan fingerprint density at radius 2 is 1.83 bits per heavy atom. The van der Waals surface area contributed by atoms with Crippen LogP contribution < -0.4 is 5.73 Å². The Bertz CT molecular complexity index is 520. The van der Waals surface area contributed by atoms with Crippen molar-refractivity contribution in [3.05, 3.63) is 40.2 Å². The summed E-state index contributed by atoms with van der Waals surface area (Å²) in [5.41, 5.74) is 6.91. The van der Waals surface area contributed by atoms with E-state index in [4.69, 9.17) is 5.73 Å². The second-order valence-corrected chi connectivity index (χ2v) is 4.91. The maximum absolute atomic E-state index is 12.3. The number of nitrogens with two attached hydrogens (primary N) is 1. The van der Waals surface area contributed by atoms with Gasteiger partial charge in [-0.2, -0.15) is 13.2 Å². The summed E-state index contributed by atoms with van der Waals surface area (Å²) < 4.78 is 37.0. The van der Waals surface area contributed by atoms with Gasteiger partial charge in [0.2, 0.25) is 0 Å². The Hall–Kier alpha value is -1.40. The van der Waals surface area contributed by atoms with Crippen LogP contribution in [0.4, 0.5) is 13.2 Å². The fraction of sp³-hybridized carbons (Fsp3) is 0.250. The Kier molecular flexibility index (Phi) is 3.68. The van der Waals surface area contributed by atoms with E-state index >= 15 is 0 Å². The van der Waals surface area contributed by atoms with Crippen molar-refractivity contribution in [2.45, 2.75) is 19.1 Å². The maximum atomic E-state index is 12.3. The van der Waals surface area contributed by atoms with Crippen molar-refractivity contribution in [3.63, 3.8) is 0 Å². The van der Waals surface area contributed by atoms with Crippen LogP contribution in [0.2, 0.25) is 0 Å². The summed E-state index contributed by atoms with van der Waals surface area (Å²) in [5, 5.41) is 0.0572. The molecule has 0 bridgehead atoms. The number of thiazole rings is 1. The van der Waals surface area contributed by atoms with Crippen molar-refractivity contribution < 1.29 is 13.2 Å². The van der Waals surface area contributed by atoms with Gasteiger partial charge in [0, 0.05) is 17.0 Å². The molecule has 1 aromatic heterocycles. The Morgan fingerprint density at radius 3 is 2.39 bits per heavy atom. The van der Waals surface area contributed by atoms with E-state index in [1.54, 1.807) is 0 Å². The molecule has 0 radical (unpaired) electrons. The first-order chi connectivity index (χ1) is 8.49. The van der Waals surface area contributed by atoms with Crippen LogP contribution in [-0.4, -0.2) is 11.2 Å². The van der Waals surface area contributed by atoms with Crippen LogP contribution in [0, 0.1) is 0 Å². The molecule has 0 spiro atoms. The summed E-state index contributed by atoms with van der Waals surface area (Å²) in [7, 11) is 0. The smallest absolute Gasteiger partial charge is 0.326 e. The lowest BCUT2D eigenvalue weighted by molar-refractivity contribution is -0.127. The minimum atomic E-state index is -4.24. The molecule has 2 N–H and O–H groups in total. The predicted octanol–water partition coefficient (Wildman–Crippen LogP) is 3.37. The second kappa shape index (κ2) is 5.07. The Labute approximate surface area is 106 Å². The van der Waals surface area contributed by atoms with Gasteiger partial charge in [0.15, 0.2) is 0 Å². The lowest BCUT2D eigenvalue weighted by atomic mass is 10.1. The van der Waals surface area contributed by atoms with E-state index in [9.17, 15) is 13.2 Å². The van der Waals surface area contributed by atoms with Gasteiger partial charge in [0.1, 0.15) is 5.01 Å². The van der Waals surface area contributed by atoms with Crippen LogP contribution in [-0.2, 0) is 13.0 Å². The number of nitrogens with zero attached hydrogens (tertiary/aromatic N) is 1. The number of hydrogen-bond acceptors (Lipinski definition) is 3. The summed E-state index contributed by atoms with van der Waals surface area (Å²) in [6.07, 6.45) is -5.24. The van der Waals surface area contributed by atoms with Crippen molar-refractivity contribution >= 4 is 11.3 Å². The molecule has 6 heteroatoms. The van der Waals surface area contributed by atoms with E-state index in [1.165, 1.54) is 0 Å². The van der Waals surface area contributed by atoms with Gasteiger partial charge in [-0.05, 0) is 0 Å². The van der Waals surface area contributed by atoms with Gasteiger partial charge < -0.3 is 5.73 Å². The van der Waals surface area contributed by atoms with E-state index in [1.807, 2.05) is 30.3 Å². The zero-order chi connectivity index (χ0) is 13.2. The van der Waals surface area contributed by atoms with Gasteiger partial charge in [0.25, 0.3) is 0 Å². The molecule has 0 atom stereocenters. The lowest BCUT2D eigenvalue weighted by Gasteiger charge is -2.01. The molecule has 1 heterocycles. The monoisotopic (exact) mass is 272 g/mol. The van der Waals surface area contributed by atoms with Crippen LogP contribution in [0.25, 0.3) is 11.3 Å². The molecule has 1 aromatic carbocycles. The second-order valence-electron chi connectivity index (χ2n) is 3.74. The average molecular weight is 272 g/mol. The van der Waals surface area contributed by atoms with Crippen LogP contribution in [0.3, 0.4) is 0 Å². The van der Waals surface area contributed by atoms with Crippen molar-refractivity contribution in [1.82, 2.24) is 4.98 Å². The molecule has 0 aliphatic carbocycles. The van der Waals surface area contributed by atoms with E-state index in [0.717, 1.165) is 16.9 Å². The number of rotatable bonds is 3. The largest absolute Gasteiger partial charge is 0.395 e. The van der Waals surface area contributed by atoms with Gasteiger partial charge in [-0.3, -0.25) is 0 Å². The average Bonchev–Trinajstić information content (AvgIpc) is 2.71. The van der Waals surface area contributed by atoms with Gasteiger partial charge in [0.05, 0.1) is 12.1 Å². The van der Waals surface area contributed by atoms with Crippen molar-refractivity contribution in [2.75, 3.05) is 0 Å². The van der Waals surface area contributed by atoms with Gasteiger partial charge in [-0.25, -0.2) is 4.98 Å². The number of aromatic nitrogens is 1. The molecular weight excluding hydrogens is 261 g/mol. The molecular formula is C12H11F3N2S. The molecule has 2 nitrogen and oxygen atoms in total. The molecule has 0 saturated carbocycles. The highest BCUT2D eigenvalue weighted by atomic mass is 32.1. The number of halogens is 3. The zero-order valence-corrected chi connectivity index (χ0v) is 10.2. The molecule has 0 aliphatic heterocycles. The normalized spacial score (nSPS) is 11.8. The summed E-state index contributed by atoms with van der Waals surface area (Å²) in [6.45, 7) is 0.194. The van der Waals surface area contributed by atoms with Crippen molar-refractivity contribution in [2.24, 2.45) is 5.73 Å². The third-order valence-corrected chi connectivity index (χ3v) is 3.40. The molecule has 96 valence electrons. The third kappa shape index (κ3) is 3.08. The highest BCUT2D eigenvalue weighted by Gasteiger charge is 2.30. The predicted molar refractivity (Wildman–Crippen MR) is 65.2 cm³/mol. The molecule has 0 fully saturated rings. The highest BCUT2D eigenvalue weighted by molar-refractivity contribution is 7.12. The fourth-order valence-electron chi connectivity index (χ4n) is 1.61. The van der Waals surface area contributed by atoms with Crippen molar-refractivity contribution in [3.8, 4) is 11.3 Å². The Morgan fingerprint density at radius 1 is 1.17 bits per heavy atom. The first kappa shape index (κ1) is 13.0. The topological polar surface area (TPSA) is 38.9 Å². The zero-order valence-electron chi connectivity index (χ0n) is 9.37. The first-order valence-corrected chi connectivity index (χ1v) is 6.12. The molecule has 0 unspecified atom stereocenters. The quantitative estimate of drug-likeness (QED) is 0.930. The van der Waals surface area contributed by atoms with Crippen LogP contribution >= 0.6 is 11.3 Å². The number of hydrogen-bond donors (Lipinski definition) is 1. The van der Waals surface area contributed by atoms with Crippen LogP contribution in [0.15, 0.2) is 30.3 Å². The minimum Gasteiger partial charge on any atom is -0.326 e. The van der Waals surface area contributed by atoms with E-state index in [-0.39, 0.29) is 11.6 Å². The van der Waals surface area contributed by atoms with E-state index in [2.05, 4.69) is 4.98 Å². The number of benzene rings is 1.